The molecule has 0 unspecified atom stereocenters. The van der Waals surface area contributed by atoms with Crippen LogP contribution in [0.5, 0.6) is 5.75 Å². The minimum absolute atomic E-state index is 0.274. The second kappa shape index (κ2) is 4.28. The van der Waals surface area contributed by atoms with Gasteiger partial charge in [-0.25, -0.2) is 4.79 Å². The van der Waals surface area contributed by atoms with Crippen LogP contribution >= 0.6 is 15.9 Å². The highest BCUT2D eigenvalue weighted by molar-refractivity contribution is 9.08. The Morgan fingerprint density at radius 3 is 2.77 bits per heavy atom. The number of hydrogen-bond acceptors (Lipinski definition) is 2. The van der Waals surface area contributed by atoms with Crippen molar-refractivity contribution in [2.24, 2.45) is 0 Å². The van der Waals surface area contributed by atoms with E-state index in [1.165, 1.54) is 13.2 Å². The highest BCUT2D eigenvalue weighted by Crippen LogP contribution is 2.19. The van der Waals surface area contributed by atoms with E-state index >= 15 is 0 Å². The lowest BCUT2D eigenvalue weighted by molar-refractivity contribution is 0.0695. The summed E-state index contributed by atoms with van der Waals surface area (Å²) in [6, 6.07) is 4.99. The summed E-state index contributed by atoms with van der Waals surface area (Å²) in [4.78, 5) is 10.8. The Kier molecular flexibility index (Phi) is 3.31. The van der Waals surface area contributed by atoms with Gasteiger partial charge in [0.25, 0.3) is 0 Å². The summed E-state index contributed by atoms with van der Waals surface area (Å²) in [5.41, 5.74) is 1.02. The Bertz CT molecular complexity index is 323. The first-order valence-corrected chi connectivity index (χ1v) is 4.77. The Balaban J connectivity index is 3.18. The second-order valence-electron chi connectivity index (χ2n) is 2.46. The molecule has 0 amide bonds. The molecule has 1 aromatic rings. The molecular weight excluding hydrogens is 236 g/mol. The Hall–Kier alpha value is -1.03. The smallest absolute Gasteiger partial charge is 0.336 e. The van der Waals surface area contributed by atoms with Crippen molar-refractivity contribution in [3.8, 4) is 5.75 Å². The molecule has 0 aliphatic carbocycles. The molecular formula is C9H9BrO3. The number of ether oxygens (including phenoxy) is 1. The number of hydrogen-bond donors (Lipinski definition) is 1. The lowest BCUT2D eigenvalue weighted by Gasteiger charge is -2.05. The topological polar surface area (TPSA) is 46.5 Å². The number of carboxylic acids is 1. The van der Waals surface area contributed by atoms with Crippen LogP contribution in [0.4, 0.5) is 0 Å². The van der Waals surface area contributed by atoms with Gasteiger partial charge in [-0.1, -0.05) is 22.0 Å². The maximum absolute atomic E-state index is 10.8. The molecule has 0 radical (unpaired) electrons. The molecule has 0 fully saturated rings. The van der Waals surface area contributed by atoms with E-state index in [1.54, 1.807) is 12.1 Å². The first kappa shape index (κ1) is 10.1. The molecule has 0 saturated carbocycles. The number of carbonyl (C=O) groups is 1. The SMILES string of the molecule is COc1ccc(CBr)c(C(=O)O)c1. The molecule has 0 spiro atoms. The fraction of sp³-hybridized carbons (Fsp3) is 0.222. The molecule has 70 valence electrons. The van der Waals surface area contributed by atoms with E-state index in [9.17, 15) is 4.79 Å². The Morgan fingerprint density at radius 2 is 2.31 bits per heavy atom. The van der Waals surface area contributed by atoms with Gasteiger partial charge in [-0.05, 0) is 17.7 Å². The van der Waals surface area contributed by atoms with Gasteiger partial charge in [-0.2, -0.15) is 0 Å². The molecule has 1 rings (SSSR count). The van der Waals surface area contributed by atoms with Gasteiger partial charge in [-0.3, -0.25) is 0 Å². The number of alkyl halides is 1. The van der Waals surface area contributed by atoms with Crippen LogP contribution in [0.15, 0.2) is 18.2 Å². The van der Waals surface area contributed by atoms with Crippen molar-refractivity contribution in [3.05, 3.63) is 29.3 Å². The molecule has 0 atom stereocenters. The maximum atomic E-state index is 10.8. The van der Waals surface area contributed by atoms with Crippen LogP contribution in [0.3, 0.4) is 0 Å². The van der Waals surface area contributed by atoms with Crippen LogP contribution in [-0.2, 0) is 5.33 Å². The minimum Gasteiger partial charge on any atom is -0.497 e. The fourth-order valence-corrected chi connectivity index (χ4v) is 1.49. The summed E-state index contributed by atoms with van der Waals surface area (Å²) in [5, 5.41) is 9.37. The van der Waals surface area contributed by atoms with Crippen LogP contribution in [0, 0.1) is 0 Å². The molecule has 13 heavy (non-hydrogen) atoms. The number of carboxylic acid groups (broad SMARTS) is 1. The number of aromatic carboxylic acids is 1. The van der Waals surface area contributed by atoms with Gasteiger partial charge in [-0.15, -0.1) is 0 Å². The summed E-state index contributed by atoms with van der Waals surface area (Å²) >= 11 is 3.22. The number of halogens is 1. The molecule has 0 bridgehead atoms. The largest absolute Gasteiger partial charge is 0.497 e. The average molecular weight is 245 g/mol. The summed E-state index contributed by atoms with van der Waals surface area (Å²) in [6.45, 7) is 0. The standard InChI is InChI=1S/C9H9BrO3/c1-13-7-3-2-6(5-10)8(4-7)9(11)12/h2-4H,5H2,1H3,(H,11,12). The van der Waals surface area contributed by atoms with Crippen molar-refractivity contribution < 1.29 is 14.6 Å². The molecule has 0 aliphatic rings. The van der Waals surface area contributed by atoms with E-state index in [1.807, 2.05) is 0 Å². The van der Waals surface area contributed by atoms with Crippen molar-refractivity contribution in [1.29, 1.82) is 0 Å². The van der Waals surface area contributed by atoms with Gasteiger partial charge < -0.3 is 9.84 Å². The molecule has 3 nitrogen and oxygen atoms in total. The monoisotopic (exact) mass is 244 g/mol. The molecule has 1 N–H and O–H groups in total. The minimum atomic E-state index is -0.937. The third-order valence-corrected chi connectivity index (χ3v) is 2.30. The zero-order valence-electron chi connectivity index (χ0n) is 7.08. The van der Waals surface area contributed by atoms with Crippen molar-refractivity contribution in [2.75, 3.05) is 7.11 Å². The molecule has 0 aliphatic heterocycles. The van der Waals surface area contributed by atoms with Crippen LogP contribution < -0.4 is 4.74 Å². The van der Waals surface area contributed by atoms with Crippen molar-refractivity contribution >= 4 is 21.9 Å². The predicted octanol–water partition coefficient (Wildman–Crippen LogP) is 2.29. The van der Waals surface area contributed by atoms with E-state index in [-0.39, 0.29) is 5.56 Å². The maximum Gasteiger partial charge on any atom is 0.336 e. The number of rotatable bonds is 3. The summed E-state index contributed by atoms with van der Waals surface area (Å²) < 4.78 is 4.93. The first-order chi connectivity index (χ1) is 6.19. The summed E-state index contributed by atoms with van der Waals surface area (Å²) in [6.07, 6.45) is 0. The van der Waals surface area contributed by atoms with E-state index in [0.29, 0.717) is 11.1 Å². The normalized spacial score (nSPS) is 9.69. The highest BCUT2D eigenvalue weighted by Gasteiger charge is 2.09. The van der Waals surface area contributed by atoms with Crippen LogP contribution in [0.1, 0.15) is 15.9 Å². The van der Waals surface area contributed by atoms with Crippen molar-refractivity contribution in [3.63, 3.8) is 0 Å². The van der Waals surface area contributed by atoms with Gasteiger partial charge in [0.2, 0.25) is 0 Å². The molecule has 4 heteroatoms. The predicted molar refractivity (Wildman–Crippen MR) is 52.6 cm³/mol. The lowest BCUT2D eigenvalue weighted by atomic mass is 10.1. The Morgan fingerprint density at radius 1 is 1.62 bits per heavy atom. The van der Waals surface area contributed by atoms with E-state index in [0.717, 1.165) is 5.56 Å². The zero-order chi connectivity index (χ0) is 9.84. The third-order valence-electron chi connectivity index (χ3n) is 1.69. The molecule has 1 aromatic carbocycles. The summed E-state index contributed by atoms with van der Waals surface area (Å²) in [5.74, 6) is -0.379. The van der Waals surface area contributed by atoms with Crippen molar-refractivity contribution in [2.45, 2.75) is 5.33 Å². The molecule has 0 heterocycles. The van der Waals surface area contributed by atoms with Gasteiger partial charge in [0, 0.05) is 5.33 Å². The molecule has 0 saturated heterocycles. The van der Waals surface area contributed by atoms with Gasteiger partial charge in [0.1, 0.15) is 5.75 Å². The third kappa shape index (κ3) is 2.21. The highest BCUT2D eigenvalue weighted by atomic mass is 79.9. The van der Waals surface area contributed by atoms with Crippen molar-refractivity contribution in [1.82, 2.24) is 0 Å². The quantitative estimate of drug-likeness (QED) is 0.831. The zero-order valence-corrected chi connectivity index (χ0v) is 8.67. The van der Waals surface area contributed by atoms with E-state index < -0.39 is 5.97 Å². The Labute approximate surface area is 84.5 Å². The lowest BCUT2D eigenvalue weighted by Crippen LogP contribution is -2.01. The average Bonchev–Trinajstić information content (AvgIpc) is 2.16. The second-order valence-corrected chi connectivity index (χ2v) is 3.02. The van der Waals surface area contributed by atoms with Gasteiger partial charge >= 0.3 is 5.97 Å². The van der Waals surface area contributed by atoms with E-state index in [4.69, 9.17) is 9.84 Å². The first-order valence-electron chi connectivity index (χ1n) is 3.65. The van der Waals surface area contributed by atoms with Crippen LogP contribution in [-0.4, -0.2) is 18.2 Å². The van der Waals surface area contributed by atoms with Crippen LogP contribution in [0.25, 0.3) is 0 Å². The van der Waals surface area contributed by atoms with E-state index in [2.05, 4.69) is 15.9 Å². The summed E-state index contributed by atoms with van der Waals surface area (Å²) in [7, 11) is 1.51. The number of benzene rings is 1. The van der Waals surface area contributed by atoms with Gasteiger partial charge in [0.05, 0.1) is 12.7 Å². The van der Waals surface area contributed by atoms with Crippen LogP contribution in [0.2, 0.25) is 0 Å². The molecule has 0 aromatic heterocycles. The number of methoxy groups -OCH3 is 1. The fourth-order valence-electron chi connectivity index (χ4n) is 0.998. The van der Waals surface area contributed by atoms with Gasteiger partial charge in [0.15, 0.2) is 0 Å².